The van der Waals surface area contributed by atoms with E-state index in [-0.39, 0.29) is 47.7 Å². The molecule has 0 aliphatic carbocycles. The Hall–Kier alpha value is -3.14. The molecule has 0 aliphatic heterocycles. The molecule has 1 aromatic carbocycles. The van der Waals surface area contributed by atoms with Gasteiger partial charge in [-0.3, -0.25) is 14.4 Å². The summed E-state index contributed by atoms with van der Waals surface area (Å²) in [5.74, 6) is -3.16. The summed E-state index contributed by atoms with van der Waals surface area (Å²) >= 11 is 0. The Balaban J connectivity index is 3.29. The van der Waals surface area contributed by atoms with Crippen LogP contribution in [0.25, 0.3) is 0 Å². The standard InChI is InChI=1S/C31H49NO9/c1-11-12-19(2)38-28(37)39-21(4)20(3)31(32,27(35)36)16-22-13-14-23(40-25(33)17-29(5,6)7)24(15-22)41-26(34)18-30(8,9)10/h13-15,19-21H,11-12,16-18,32H2,1-10H3,(H,35,36)/t19?,20-,21+,31-/m1/s1. The van der Waals surface area contributed by atoms with E-state index in [1.165, 1.54) is 12.1 Å². The predicted molar refractivity (Wildman–Crippen MR) is 155 cm³/mol. The first kappa shape index (κ1) is 35.9. The van der Waals surface area contributed by atoms with Crippen molar-refractivity contribution in [2.45, 2.75) is 119 Å². The van der Waals surface area contributed by atoms with Crippen molar-refractivity contribution in [1.29, 1.82) is 0 Å². The molecule has 0 amide bonds. The maximum atomic E-state index is 12.7. The quantitative estimate of drug-likeness (QED) is 0.208. The van der Waals surface area contributed by atoms with E-state index >= 15 is 0 Å². The molecule has 0 bridgehead atoms. The van der Waals surface area contributed by atoms with Crippen LogP contribution >= 0.6 is 0 Å². The first-order valence-electron chi connectivity index (χ1n) is 14.1. The highest BCUT2D eigenvalue weighted by Crippen LogP contribution is 2.34. The fourth-order valence-electron chi connectivity index (χ4n) is 4.11. The van der Waals surface area contributed by atoms with Crippen molar-refractivity contribution < 1.29 is 43.2 Å². The van der Waals surface area contributed by atoms with Crippen LogP contribution < -0.4 is 15.2 Å². The zero-order chi connectivity index (χ0) is 31.8. The number of rotatable bonds is 13. The average Bonchev–Trinajstić information content (AvgIpc) is 2.77. The summed E-state index contributed by atoms with van der Waals surface area (Å²) in [5.41, 5.74) is 4.31. The highest BCUT2D eigenvalue weighted by molar-refractivity contribution is 5.80. The molecule has 0 heterocycles. The van der Waals surface area contributed by atoms with Gasteiger partial charge in [0.05, 0.1) is 12.8 Å². The molecule has 1 unspecified atom stereocenters. The van der Waals surface area contributed by atoms with Gasteiger partial charge in [0.1, 0.15) is 17.7 Å². The monoisotopic (exact) mass is 579 g/mol. The Labute approximate surface area is 244 Å². The lowest BCUT2D eigenvalue weighted by atomic mass is 9.78. The predicted octanol–water partition coefficient (Wildman–Crippen LogP) is 6.06. The number of benzene rings is 1. The molecule has 0 aromatic heterocycles. The van der Waals surface area contributed by atoms with E-state index in [1.54, 1.807) is 26.8 Å². The second kappa shape index (κ2) is 14.7. The minimum absolute atomic E-state index is 0.0165. The van der Waals surface area contributed by atoms with Gasteiger partial charge in [0.2, 0.25) is 0 Å². The van der Waals surface area contributed by atoms with Gasteiger partial charge in [-0.15, -0.1) is 0 Å². The van der Waals surface area contributed by atoms with Gasteiger partial charge in [0.15, 0.2) is 11.5 Å². The van der Waals surface area contributed by atoms with Gasteiger partial charge in [0, 0.05) is 12.3 Å². The molecule has 0 aliphatic rings. The van der Waals surface area contributed by atoms with Crippen molar-refractivity contribution in [2.24, 2.45) is 22.5 Å². The van der Waals surface area contributed by atoms with Crippen LogP contribution in [-0.2, 0) is 30.3 Å². The number of ether oxygens (including phenoxy) is 4. The number of nitrogens with two attached hydrogens (primary N) is 1. The molecule has 0 saturated carbocycles. The van der Waals surface area contributed by atoms with E-state index in [0.29, 0.717) is 12.0 Å². The Bertz CT molecular complexity index is 1070. The van der Waals surface area contributed by atoms with E-state index in [4.69, 9.17) is 24.7 Å². The summed E-state index contributed by atoms with van der Waals surface area (Å²) < 4.78 is 21.7. The number of carboxylic acids is 1. The number of aliphatic carboxylic acids is 1. The van der Waals surface area contributed by atoms with Crippen molar-refractivity contribution in [2.75, 3.05) is 0 Å². The van der Waals surface area contributed by atoms with Crippen LogP contribution in [0, 0.1) is 16.7 Å². The molecule has 0 spiro atoms. The van der Waals surface area contributed by atoms with Crippen molar-refractivity contribution in [3.8, 4) is 11.5 Å². The first-order chi connectivity index (χ1) is 18.7. The molecule has 10 nitrogen and oxygen atoms in total. The van der Waals surface area contributed by atoms with Crippen molar-refractivity contribution in [3.05, 3.63) is 23.8 Å². The van der Waals surface area contributed by atoms with Crippen molar-refractivity contribution in [3.63, 3.8) is 0 Å². The molecular formula is C31H49NO9. The molecule has 41 heavy (non-hydrogen) atoms. The maximum Gasteiger partial charge on any atom is 0.508 e. The van der Waals surface area contributed by atoms with Gasteiger partial charge in [-0.1, -0.05) is 67.9 Å². The lowest BCUT2D eigenvalue weighted by molar-refractivity contribution is -0.147. The number of hydrogen-bond acceptors (Lipinski definition) is 9. The number of carboxylic acid groups (broad SMARTS) is 1. The molecule has 1 rings (SSSR count). The Morgan fingerprint density at radius 3 is 1.83 bits per heavy atom. The van der Waals surface area contributed by atoms with Crippen LogP contribution in [0.3, 0.4) is 0 Å². The molecule has 0 fully saturated rings. The normalized spacial score (nSPS) is 15.6. The van der Waals surface area contributed by atoms with Gasteiger partial charge < -0.3 is 29.8 Å². The molecular weight excluding hydrogens is 530 g/mol. The van der Waals surface area contributed by atoms with E-state index in [0.717, 1.165) is 6.42 Å². The third-order valence-electron chi connectivity index (χ3n) is 6.49. The number of esters is 2. The second-order valence-corrected chi connectivity index (χ2v) is 13.3. The third kappa shape index (κ3) is 12.5. The summed E-state index contributed by atoms with van der Waals surface area (Å²) in [6.07, 6.45) is -0.601. The van der Waals surface area contributed by atoms with Gasteiger partial charge in [-0.25, -0.2) is 4.79 Å². The lowest BCUT2D eigenvalue weighted by Crippen LogP contribution is -2.58. The SMILES string of the molecule is CCCC(C)OC(=O)O[C@@H](C)[C@@H](C)[C@](N)(Cc1ccc(OC(=O)CC(C)(C)C)c(OC(=O)CC(C)(C)C)c1)C(=O)O. The van der Waals surface area contributed by atoms with E-state index in [1.807, 2.05) is 48.5 Å². The fourth-order valence-corrected chi connectivity index (χ4v) is 4.11. The highest BCUT2D eigenvalue weighted by Gasteiger charge is 2.44. The molecule has 232 valence electrons. The van der Waals surface area contributed by atoms with Gasteiger partial charge in [-0.2, -0.15) is 0 Å². The minimum Gasteiger partial charge on any atom is -0.480 e. The van der Waals surface area contributed by atoms with Crippen LogP contribution in [0.2, 0.25) is 0 Å². The van der Waals surface area contributed by atoms with Gasteiger partial charge in [-0.05, 0) is 48.8 Å². The van der Waals surface area contributed by atoms with Crippen molar-refractivity contribution >= 4 is 24.1 Å². The summed E-state index contributed by atoms with van der Waals surface area (Å²) in [6, 6.07) is 4.46. The van der Waals surface area contributed by atoms with Crippen LogP contribution in [0.15, 0.2) is 18.2 Å². The van der Waals surface area contributed by atoms with Crippen LogP contribution in [0.4, 0.5) is 4.79 Å². The second-order valence-electron chi connectivity index (χ2n) is 13.3. The molecule has 10 heteroatoms. The molecule has 0 saturated heterocycles. The van der Waals surface area contributed by atoms with Gasteiger partial charge in [0.25, 0.3) is 0 Å². The largest absolute Gasteiger partial charge is 0.508 e. The number of carbonyl (C=O) groups excluding carboxylic acids is 3. The third-order valence-corrected chi connectivity index (χ3v) is 6.49. The minimum atomic E-state index is -1.87. The fraction of sp³-hybridized carbons (Fsp3) is 0.677. The lowest BCUT2D eigenvalue weighted by Gasteiger charge is -2.34. The summed E-state index contributed by atoms with van der Waals surface area (Å²) in [5, 5.41) is 10.1. The molecule has 0 radical (unpaired) electrons. The summed E-state index contributed by atoms with van der Waals surface area (Å²) in [6.45, 7) is 18.2. The van der Waals surface area contributed by atoms with E-state index in [9.17, 15) is 24.3 Å². The zero-order valence-electron chi connectivity index (χ0n) is 26.3. The number of hydrogen-bond donors (Lipinski definition) is 2. The Morgan fingerprint density at radius 2 is 1.37 bits per heavy atom. The molecule has 4 atom stereocenters. The smallest absolute Gasteiger partial charge is 0.480 e. The van der Waals surface area contributed by atoms with Crippen LogP contribution in [0.5, 0.6) is 11.5 Å². The van der Waals surface area contributed by atoms with Crippen LogP contribution in [-0.4, -0.2) is 46.9 Å². The Kier molecular flexibility index (Phi) is 12.8. The summed E-state index contributed by atoms with van der Waals surface area (Å²) in [7, 11) is 0. The highest BCUT2D eigenvalue weighted by atomic mass is 16.7. The average molecular weight is 580 g/mol. The van der Waals surface area contributed by atoms with Crippen molar-refractivity contribution in [1.82, 2.24) is 0 Å². The molecule has 1 aromatic rings. The van der Waals surface area contributed by atoms with Crippen LogP contribution in [0.1, 0.15) is 100 Å². The van der Waals surface area contributed by atoms with E-state index < -0.39 is 41.6 Å². The first-order valence-corrected chi connectivity index (χ1v) is 14.1. The summed E-state index contributed by atoms with van der Waals surface area (Å²) in [4.78, 5) is 49.9. The zero-order valence-corrected chi connectivity index (χ0v) is 26.3. The number of carbonyl (C=O) groups is 4. The topological polar surface area (TPSA) is 151 Å². The molecule has 3 N–H and O–H groups in total. The Morgan fingerprint density at radius 1 is 0.854 bits per heavy atom. The maximum absolute atomic E-state index is 12.7. The van der Waals surface area contributed by atoms with Gasteiger partial charge >= 0.3 is 24.1 Å². The van der Waals surface area contributed by atoms with E-state index in [2.05, 4.69) is 0 Å².